The van der Waals surface area contributed by atoms with Crippen molar-refractivity contribution in [3.8, 4) is 0 Å². The van der Waals surface area contributed by atoms with E-state index in [0.29, 0.717) is 6.04 Å². The Hall–Kier alpha value is -1.06. The second kappa shape index (κ2) is 7.09. The van der Waals surface area contributed by atoms with Gasteiger partial charge in [-0.1, -0.05) is 42.6 Å². The molecule has 4 heteroatoms. The Balaban J connectivity index is 1.88. The minimum Gasteiger partial charge on any atom is -0.352 e. The van der Waals surface area contributed by atoms with Crippen molar-refractivity contribution in [2.24, 2.45) is 0 Å². The molecular weight excluding hydrogens is 272 g/mol. The molecule has 0 radical (unpaired) electrons. The van der Waals surface area contributed by atoms with Gasteiger partial charge in [0.15, 0.2) is 0 Å². The molecule has 1 aromatic rings. The molecule has 2 atom stereocenters. The molecule has 1 aliphatic carbocycles. The maximum atomic E-state index is 12.1. The van der Waals surface area contributed by atoms with Crippen molar-refractivity contribution in [1.29, 1.82) is 0 Å². The fourth-order valence-electron chi connectivity index (χ4n) is 2.76. The van der Waals surface area contributed by atoms with Crippen molar-refractivity contribution >= 4 is 17.5 Å². The summed E-state index contributed by atoms with van der Waals surface area (Å²) in [6.45, 7) is 3.93. The first-order valence-corrected chi connectivity index (χ1v) is 7.76. The molecule has 2 N–H and O–H groups in total. The molecule has 0 spiro atoms. The monoisotopic (exact) mass is 294 g/mol. The van der Waals surface area contributed by atoms with Gasteiger partial charge in [-0.05, 0) is 38.3 Å². The van der Waals surface area contributed by atoms with Crippen LogP contribution in [0, 0.1) is 0 Å². The highest BCUT2D eigenvalue weighted by molar-refractivity contribution is 6.31. The van der Waals surface area contributed by atoms with Gasteiger partial charge in [-0.3, -0.25) is 10.1 Å². The molecule has 1 saturated carbocycles. The van der Waals surface area contributed by atoms with E-state index in [1.54, 1.807) is 0 Å². The predicted molar refractivity (Wildman–Crippen MR) is 82.9 cm³/mol. The van der Waals surface area contributed by atoms with Gasteiger partial charge in [0, 0.05) is 17.1 Å². The molecule has 0 saturated heterocycles. The maximum Gasteiger partial charge on any atom is 0.237 e. The zero-order valence-corrected chi connectivity index (χ0v) is 12.9. The molecule has 1 fully saturated rings. The van der Waals surface area contributed by atoms with Gasteiger partial charge in [-0.2, -0.15) is 0 Å². The summed E-state index contributed by atoms with van der Waals surface area (Å²) in [5.41, 5.74) is 1.02. The quantitative estimate of drug-likeness (QED) is 0.873. The van der Waals surface area contributed by atoms with Crippen LogP contribution in [0.1, 0.15) is 51.1 Å². The van der Waals surface area contributed by atoms with Crippen LogP contribution in [0.25, 0.3) is 0 Å². The van der Waals surface area contributed by atoms with E-state index in [1.807, 2.05) is 38.1 Å². The van der Waals surface area contributed by atoms with Gasteiger partial charge >= 0.3 is 0 Å². The van der Waals surface area contributed by atoms with Crippen molar-refractivity contribution in [2.45, 2.75) is 57.7 Å². The molecule has 0 unspecified atom stereocenters. The predicted octanol–water partition coefficient (Wildman–Crippen LogP) is 3.44. The lowest BCUT2D eigenvalue weighted by Crippen LogP contribution is -2.46. The highest BCUT2D eigenvalue weighted by Gasteiger charge is 2.22. The molecule has 2 rings (SSSR count). The molecule has 1 aromatic carbocycles. The topological polar surface area (TPSA) is 41.1 Å². The van der Waals surface area contributed by atoms with Crippen LogP contribution in [-0.4, -0.2) is 18.0 Å². The summed E-state index contributed by atoms with van der Waals surface area (Å²) in [4.78, 5) is 12.1. The number of amides is 1. The highest BCUT2D eigenvalue weighted by atomic mass is 35.5. The summed E-state index contributed by atoms with van der Waals surface area (Å²) < 4.78 is 0. The second-order valence-electron chi connectivity index (χ2n) is 5.62. The van der Waals surface area contributed by atoms with Crippen LogP contribution >= 0.6 is 11.6 Å². The largest absolute Gasteiger partial charge is 0.352 e. The van der Waals surface area contributed by atoms with Crippen molar-refractivity contribution < 1.29 is 4.79 Å². The summed E-state index contributed by atoms with van der Waals surface area (Å²) in [6.07, 6.45) is 4.67. The van der Waals surface area contributed by atoms with Crippen molar-refractivity contribution in [3.63, 3.8) is 0 Å². The lowest BCUT2D eigenvalue weighted by Gasteiger charge is -2.22. The SMILES string of the molecule is C[C@H](N[C@H](C)c1ccccc1Cl)C(=O)NC1CCCC1. The standard InChI is InChI=1S/C16H23ClN2O/c1-11(14-9-5-6-10-15(14)17)18-12(2)16(20)19-13-7-3-4-8-13/h5-6,9-13,18H,3-4,7-8H2,1-2H3,(H,19,20)/t11-,12+/m1/s1. The molecule has 0 aromatic heterocycles. The first kappa shape index (κ1) is 15.3. The van der Waals surface area contributed by atoms with E-state index in [1.165, 1.54) is 12.8 Å². The van der Waals surface area contributed by atoms with Crippen molar-refractivity contribution in [3.05, 3.63) is 34.9 Å². The zero-order valence-electron chi connectivity index (χ0n) is 12.2. The smallest absolute Gasteiger partial charge is 0.237 e. The lowest BCUT2D eigenvalue weighted by molar-refractivity contribution is -0.123. The lowest BCUT2D eigenvalue weighted by atomic mass is 10.1. The molecule has 1 amide bonds. The molecule has 0 bridgehead atoms. The molecular formula is C16H23ClN2O. The fraction of sp³-hybridized carbons (Fsp3) is 0.562. The Kier molecular flexibility index (Phi) is 5.44. The van der Waals surface area contributed by atoms with Crippen molar-refractivity contribution in [2.75, 3.05) is 0 Å². The summed E-state index contributed by atoms with van der Waals surface area (Å²) in [5, 5.41) is 7.16. The molecule has 20 heavy (non-hydrogen) atoms. The van der Waals surface area contributed by atoms with Gasteiger partial charge in [-0.15, -0.1) is 0 Å². The first-order chi connectivity index (χ1) is 9.58. The van der Waals surface area contributed by atoms with Gasteiger partial charge in [0.25, 0.3) is 0 Å². The Labute approximate surface area is 126 Å². The van der Waals surface area contributed by atoms with Crippen LogP contribution in [0.4, 0.5) is 0 Å². The Morgan fingerprint density at radius 1 is 1.25 bits per heavy atom. The second-order valence-corrected chi connectivity index (χ2v) is 6.03. The van der Waals surface area contributed by atoms with Gasteiger partial charge in [0.1, 0.15) is 0 Å². The third-order valence-corrected chi connectivity index (χ3v) is 4.31. The van der Waals surface area contributed by atoms with E-state index in [2.05, 4.69) is 10.6 Å². The third-order valence-electron chi connectivity index (χ3n) is 3.97. The van der Waals surface area contributed by atoms with Crippen LogP contribution in [0.5, 0.6) is 0 Å². The minimum absolute atomic E-state index is 0.0491. The average molecular weight is 295 g/mol. The van der Waals surface area contributed by atoms with Gasteiger partial charge in [0.05, 0.1) is 6.04 Å². The number of nitrogens with one attached hydrogen (secondary N) is 2. The number of benzene rings is 1. The van der Waals surface area contributed by atoms with E-state index in [0.717, 1.165) is 23.4 Å². The number of carbonyl (C=O) groups is 1. The van der Waals surface area contributed by atoms with E-state index < -0.39 is 0 Å². The Morgan fingerprint density at radius 3 is 2.55 bits per heavy atom. The number of carbonyl (C=O) groups excluding carboxylic acids is 1. The number of hydrogen-bond acceptors (Lipinski definition) is 2. The molecule has 1 aliphatic rings. The normalized spacial score (nSPS) is 18.8. The maximum absolute atomic E-state index is 12.1. The van der Waals surface area contributed by atoms with Crippen LogP contribution < -0.4 is 10.6 Å². The van der Waals surface area contributed by atoms with Gasteiger partial charge in [0.2, 0.25) is 5.91 Å². The zero-order chi connectivity index (χ0) is 14.5. The number of rotatable bonds is 5. The summed E-state index contributed by atoms with van der Waals surface area (Å²) >= 11 is 6.18. The van der Waals surface area contributed by atoms with E-state index in [9.17, 15) is 4.79 Å². The first-order valence-electron chi connectivity index (χ1n) is 7.39. The van der Waals surface area contributed by atoms with Gasteiger partial charge < -0.3 is 5.32 Å². The average Bonchev–Trinajstić information content (AvgIpc) is 2.91. The molecule has 0 heterocycles. The summed E-state index contributed by atoms with van der Waals surface area (Å²) in [5.74, 6) is 0.0794. The van der Waals surface area contributed by atoms with Crippen LogP contribution in [-0.2, 0) is 4.79 Å². The van der Waals surface area contributed by atoms with Crippen LogP contribution in [0.3, 0.4) is 0 Å². The Bertz CT molecular complexity index is 458. The fourth-order valence-corrected chi connectivity index (χ4v) is 3.06. The Morgan fingerprint density at radius 2 is 1.90 bits per heavy atom. The van der Waals surface area contributed by atoms with Crippen molar-refractivity contribution in [1.82, 2.24) is 10.6 Å². The molecule has 3 nitrogen and oxygen atoms in total. The van der Waals surface area contributed by atoms with Gasteiger partial charge in [-0.25, -0.2) is 0 Å². The van der Waals surface area contributed by atoms with E-state index >= 15 is 0 Å². The van der Waals surface area contributed by atoms with E-state index in [-0.39, 0.29) is 18.0 Å². The minimum atomic E-state index is -0.220. The molecule has 110 valence electrons. The third kappa shape index (κ3) is 3.97. The van der Waals surface area contributed by atoms with E-state index in [4.69, 9.17) is 11.6 Å². The summed E-state index contributed by atoms with van der Waals surface area (Å²) in [6, 6.07) is 7.93. The highest BCUT2D eigenvalue weighted by Crippen LogP contribution is 2.22. The molecule has 0 aliphatic heterocycles. The van der Waals surface area contributed by atoms with Crippen LogP contribution in [0.2, 0.25) is 5.02 Å². The number of hydrogen-bond donors (Lipinski definition) is 2. The summed E-state index contributed by atoms with van der Waals surface area (Å²) in [7, 11) is 0. The van der Waals surface area contributed by atoms with Crippen LogP contribution in [0.15, 0.2) is 24.3 Å². The number of halogens is 1.